The fourth-order valence-electron chi connectivity index (χ4n) is 3.45. The molecule has 1 aliphatic heterocycles. The second-order valence-electron chi connectivity index (χ2n) is 7.43. The molecule has 1 saturated carbocycles. The molecular weight excluding hydrogens is 236 g/mol. The van der Waals surface area contributed by atoms with Gasteiger partial charge in [-0.05, 0) is 69.5 Å². The van der Waals surface area contributed by atoms with E-state index in [0.29, 0.717) is 5.41 Å². The van der Waals surface area contributed by atoms with Crippen LogP contribution in [-0.4, -0.2) is 48.8 Å². The van der Waals surface area contributed by atoms with Crippen molar-refractivity contribution in [2.45, 2.75) is 58.5 Å². The van der Waals surface area contributed by atoms with Crippen LogP contribution in [0.1, 0.15) is 52.4 Å². The molecule has 0 aromatic carbocycles. The van der Waals surface area contributed by atoms with Crippen molar-refractivity contribution >= 4 is 0 Å². The Hall–Kier alpha value is -0.120. The van der Waals surface area contributed by atoms with Gasteiger partial charge in [-0.1, -0.05) is 13.8 Å². The molecular formula is C16H32N2O. The normalized spacial score (nSPS) is 26.7. The summed E-state index contributed by atoms with van der Waals surface area (Å²) in [4.78, 5) is 2.38. The van der Waals surface area contributed by atoms with E-state index in [0.717, 1.165) is 25.6 Å². The van der Waals surface area contributed by atoms with Crippen molar-refractivity contribution in [3.63, 3.8) is 0 Å². The minimum atomic E-state index is -0.196. The van der Waals surface area contributed by atoms with Crippen LogP contribution < -0.4 is 5.32 Å². The van der Waals surface area contributed by atoms with Crippen molar-refractivity contribution < 1.29 is 5.11 Å². The van der Waals surface area contributed by atoms with E-state index in [4.69, 9.17) is 0 Å². The number of hydrogen-bond acceptors (Lipinski definition) is 3. The van der Waals surface area contributed by atoms with Gasteiger partial charge in [0.05, 0.1) is 6.10 Å². The number of rotatable bonds is 6. The van der Waals surface area contributed by atoms with Gasteiger partial charge >= 0.3 is 0 Å². The molecule has 2 fully saturated rings. The van der Waals surface area contributed by atoms with Crippen molar-refractivity contribution in [3.05, 3.63) is 0 Å². The van der Waals surface area contributed by atoms with E-state index in [1.807, 2.05) is 0 Å². The summed E-state index contributed by atoms with van der Waals surface area (Å²) in [6.07, 6.45) is 7.82. The van der Waals surface area contributed by atoms with E-state index in [9.17, 15) is 5.11 Å². The Kier molecular flexibility index (Phi) is 5.67. The monoisotopic (exact) mass is 268 g/mol. The number of aliphatic hydroxyl groups is 1. The summed E-state index contributed by atoms with van der Waals surface area (Å²) in [7, 11) is 0. The van der Waals surface area contributed by atoms with E-state index in [-0.39, 0.29) is 6.10 Å². The zero-order valence-electron chi connectivity index (χ0n) is 12.8. The Balaban J connectivity index is 1.53. The first kappa shape index (κ1) is 15.3. The predicted octanol–water partition coefficient (Wildman–Crippen LogP) is 2.25. The van der Waals surface area contributed by atoms with Crippen molar-refractivity contribution in [1.29, 1.82) is 0 Å². The highest BCUT2D eigenvalue weighted by Crippen LogP contribution is 2.37. The smallest absolute Gasteiger partial charge is 0.0791 e. The molecule has 1 aliphatic carbocycles. The second-order valence-corrected chi connectivity index (χ2v) is 7.43. The largest absolute Gasteiger partial charge is 0.390 e. The molecule has 1 atom stereocenters. The third-order valence-corrected chi connectivity index (χ3v) is 4.94. The van der Waals surface area contributed by atoms with E-state index in [1.165, 1.54) is 51.6 Å². The highest BCUT2D eigenvalue weighted by Gasteiger charge is 2.26. The van der Waals surface area contributed by atoms with Gasteiger partial charge in [0.15, 0.2) is 0 Å². The highest BCUT2D eigenvalue weighted by atomic mass is 16.3. The summed E-state index contributed by atoms with van der Waals surface area (Å²) in [5.74, 6) is 0.826. The second kappa shape index (κ2) is 7.05. The first-order valence-corrected chi connectivity index (χ1v) is 8.16. The van der Waals surface area contributed by atoms with Gasteiger partial charge in [-0.25, -0.2) is 0 Å². The topological polar surface area (TPSA) is 35.5 Å². The Morgan fingerprint density at radius 3 is 2.47 bits per heavy atom. The molecule has 1 unspecified atom stereocenters. The summed E-state index contributed by atoms with van der Waals surface area (Å²) in [6.45, 7) is 9.82. The van der Waals surface area contributed by atoms with E-state index in [2.05, 4.69) is 24.1 Å². The lowest BCUT2D eigenvalue weighted by molar-refractivity contribution is 0.119. The molecule has 0 bridgehead atoms. The molecule has 0 aromatic rings. The van der Waals surface area contributed by atoms with Gasteiger partial charge in [-0.15, -0.1) is 0 Å². The predicted molar refractivity (Wildman–Crippen MR) is 80.3 cm³/mol. The Bertz CT molecular complexity index is 251. The van der Waals surface area contributed by atoms with E-state index < -0.39 is 0 Å². The summed E-state index contributed by atoms with van der Waals surface area (Å²) in [6, 6.07) is 0. The summed E-state index contributed by atoms with van der Waals surface area (Å²) >= 11 is 0. The fourth-order valence-corrected chi connectivity index (χ4v) is 3.45. The Labute approximate surface area is 118 Å². The lowest BCUT2D eigenvalue weighted by Gasteiger charge is -2.34. The lowest BCUT2D eigenvalue weighted by Crippen LogP contribution is -2.39. The molecule has 0 aromatic heterocycles. The van der Waals surface area contributed by atoms with Gasteiger partial charge in [-0.3, -0.25) is 0 Å². The van der Waals surface area contributed by atoms with Crippen LogP contribution >= 0.6 is 0 Å². The van der Waals surface area contributed by atoms with E-state index >= 15 is 0 Å². The molecule has 0 amide bonds. The summed E-state index contributed by atoms with van der Waals surface area (Å²) < 4.78 is 0. The van der Waals surface area contributed by atoms with Crippen LogP contribution in [-0.2, 0) is 0 Å². The number of nitrogens with zero attached hydrogens (tertiary/aromatic N) is 1. The number of β-amino-alcohol motifs (C(OH)–C–C–N with tert-alkyl or cyclic N) is 1. The van der Waals surface area contributed by atoms with Gasteiger partial charge in [0.1, 0.15) is 0 Å². The van der Waals surface area contributed by atoms with Crippen molar-refractivity contribution in [1.82, 2.24) is 10.2 Å². The van der Waals surface area contributed by atoms with Gasteiger partial charge in [0.2, 0.25) is 0 Å². The maximum atomic E-state index is 10.0. The molecule has 3 heteroatoms. The third kappa shape index (κ3) is 5.41. The van der Waals surface area contributed by atoms with Crippen LogP contribution in [0.25, 0.3) is 0 Å². The molecule has 2 aliphatic rings. The number of nitrogens with one attached hydrogen (secondary N) is 1. The lowest BCUT2D eigenvalue weighted by atomic mass is 9.73. The Morgan fingerprint density at radius 2 is 1.84 bits per heavy atom. The van der Waals surface area contributed by atoms with Crippen LogP contribution in [0.5, 0.6) is 0 Å². The fraction of sp³-hybridized carbons (Fsp3) is 1.00. The molecule has 1 heterocycles. The Morgan fingerprint density at radius 1 is 1.21 bits per heavy atom. The highest BCUT2D eigenvalue weighted by molar-refractivity contribution is 4.80. The number of aliphatic hydroxyl groups excluding tert-OH is 1. The standard InChI is InChI=1S/C16H32N2O/c1-16(2)7-5-14(6-8-16)11-17-12-15(19)13-18-9-3-4-10-18/h14-15,17,19H,3-13H2,1-2H3. The van der Waals surface area contributed by atoms with Gasteiger partial charge in [-0.2, -0.15) is 0 Å². The van der Waals surface area contributed by atoms with Crippen LogP contribution in [0.15, 0.2) is 0 Å². The number of hydrogen-bond donors (Lipinski definition) is 2. The van der Waals surface area contributed by atoms with Crippen LogP contribution in [0.2, 0.25) is 0 Å². The molecule has 112 valence electrons. The zero-order chi connectivity index (χ0) is 13.7. The molecule has 1 saturated heterocycles. The first-order valence-electron chi connectivity index (χ1n) is 8.16. The average Bonchev–Trinajstić information content (AvgIpc) is 2.84. The maximum absolute atomic E-state index is 10.0. The molecule has 0 radical (unpaired) electrons. The maximum Gasteiger partial charge on any atom is 0.0791 e. The molecule has 3 nitrogen and oxygen atoms in total. The van der Waals surface area contributed by atoms with Gasteiger partial charge in [0.25, 0.3) is 0 Å². The van der Waals surface area contributed by atoms with Crippen molar-refractivity contribution in [3.8, 4) is 0 Å². The zero-order valence-corrected chi connectivity index (χ0v) is 12.8. The molecule has 0 spiro atoms. The van der Waals surface area contributed by atoms with Crippen LogP contribution in [0.3, 0.4) is 0 Å². The summed E-state index contributed by atoms with van der Waals surface area (Å²) in [5, 5.41) is 13.5. The van der Waals surface area contributed by atoms with Gasteiger partial charge in [0, 0.05) is 13.1 Å². The average molecular weight is 268 g/mol. The van der Waals surface area contributed by atoms with E-state index in [1.54, 1.807) is 0 Å². The van der Waals surface area contributed by atoms with Gasteiger partial charge < -0.3 is 15.3 Å². The number of likely N-dealkylation sites (tertiary alicyclic amines) is 1. The molecule has 19 heavy (non-hydrogen) atoms. The SMILES string of the molecule is CC1(C)CCC(CNCC(O)CN2CCCC2)CC1. The van der Waals surface area contributed by atoms with Crippen LogP contribution in [0.4, 0.5) is 0 Å². The quantitative estimate of drug-likeness (QED) is 0.775. The van der Waals surface area contributed by atoms with Crippen molar-refractivity contribution in [2.75, 3.05) is 32.7 Å². The molecule has 2 N–H and O–H groups in total. The van der Waals surface area contributed by atoms with Crippen molar-refractivity contribution in [2.24, 2.45) is 11.3 Å². The van der Waals surface area contributed by atoms with Crippen LogP contribution in [0, 0.1) is 11.3 Å². The third-order valence-electron chi connectivity index (χ3n) is 4.94. The minimum Gasteiger partial charge on any atom is -0.390 e. The minimum absolute atomic E-state index is 0.196. The first-order chi connectivity index (χ1) is 9.05. The molecule has 2 rings (SSSR count). The summed E-state index contributed by atoms with van der Waals surface area (Å²) in [5.41, 5.74) is 0.561.